The SMILES string of the molecule is CSC(C(O)c1ccccc1)S(C)=O. The van der Waals surface area contributed by atoms with Crippen molar-refractivity contribution in [2.24, 2.45) is 0 Å². The summed E-state index contributed by atoms with van der Waals surface area (Å²) in [7, 11) is -1.02. The van der Waals surface area contributed by atoms with Crippen molar-refractivity contribution < 1.29 is 9.32 Å². The molecule has 1 aromatic rings. The second-order valence-electron chi connectivity index (χ2n) is 2.96. The third-order valence-corrected chi connectivity index (χ3v) is 4.98. The zero-order chi connectivity index (χ0) is 10.6. The molecule has 0 bridgehead atoms. The van der Waals surface area contributed by atoms with Crippen molar-refractivity contribution in [2.45, 2.75) is 10.7 Å². The van der Waals surface area contributed by atoms with Crippen LogP contribution < -0.4 is 0 Å². The minimum absolute atomic E-state index is 0.252. The fourth-order valence-electron chi connectivity index (χ4n) is 1.25. The van der Waals surface area contributed by atoms with E-state index in [4.69, 9.17) is 0 Å². The van der Waals surface area contributed by atoms with E-state index in [1.807, 2.05) is 36.6 Å². The summed E-state index contributed by atoms with van der Waals surface area (Å²) in [4.78, 5) is 0. The summed E-state index contributed by atoms with van der Waals surface area (Å²) in [6.07, 6.45) is 2.82. The van der Waals surface area contributed by atoms with E-state index < -0.39 is 16.9 Å². The van der Waals surface area contributed by atoms with Crippen LogP contribution in [-0.4, -0.2) is 26.4 Å². The molecule has 1 aromatic carbocycles. The first-order valence-corrected chi connectivity index (χ1v) is 7.15. The van der Waals surface area contributed by atoms with Gasteiger partial charge < -0.3 is 5.11 Å². The molecule has 3 atom stereocenters. The molecular weight excluding hydrogens is 216 g/mol. The smallest absolute Gasteiger partial charge is 0.110 e. The Kier molecular flexibility index (Phi) is 4.65. The van der Waals surface area contributed by atoms with Crippen LogP contribution in [0.1, 0.15) is 11.7 Å². The van der Waals surface area contributed by atoms with Gasteiger partial charge in [-0.15, -0.1) is 11.8 Å². The molecule has 0 aliphatic rings. The highest BCUT2D eigenvalue weighted by Gasteiger charge is 2.22. The van der Waals surface area contributed by atoms with Crippen molar-refractivity contribution in [3.05, 3.63) is 35.9 Å². The normalized spacial score (nSPS) is 17.4. The lowest BCUT2D eigenvalue weighted by Crippen LogP contribution is -2.19. The highest BCUT2D eigenvalue weighted by atomic mass is 32.2. The Balaban J connectivity index is 2.83. The minimum atomic E-state index is -1.02. The average molecular weight is 230 g/mol. The van der Waals surface area contributed by atoms with Gasteiger partial charge in [0.2, 0.25) is 0 Å². The Labute approximate surface area is 91.2 Å². The predicted octanol–water partition coefficient (Wildman–Crippen LogP) is 1.79. The van der Waals surface area contributed by atoms with Crippen molar-refractivity contribution in [1.29, 1.82) is 0 Å². The molecule has 0 spiro atoms. The van der Waals surface area contributed by atoms with Gasteiger partial charge in [0.1, 0.15) is 10.7 Å². The fraction of sp³-hybridized carbons (Fsp3) is 0.400. The molecule has 1 rings (SSSR count). The second kappa shape index (κ2) is 5.53. The van der Waals surface area contributed by atoms with Gasteiger partial charge in [-0.25, -0.2) is 0 Å². The largest absolute Gasteiger partial charge is 0.386 e. The average Bonchev–Trinajstić information content (AvgIpc) is 2.19. The van der Waals surface area contributed by atoms with Crippen LogP contribution in [-0.2, 0) is 10.8 Å². The fourth-order valence-corrected chi connectivity index (χ4v) is 3.27. The van der Waals surface area contributed by atoms with Crippen LogP contribution in [0.3, 0.4) is 0 Å². The van der Waals surface area contributed by atoms with E-state index in [1.165, 1.54) is 11.8 Å². The van der Waals surface area contributed by atoms with E-state index in [0.29, 0.717) is 0 Å². The molecule has 0 aliphatic heterocycles. The number of aliphatic hydroxyl groups excluding tert-OH is 1. The standard InChI is InChI=1S/C10H14O2S2/c1-13-10(14(2)12)9(11)8-6-4-3-5-7-8/h3-7,9-11H,1-2H3. The summed E-state index contributed by atoms with van der Waals surface area (Å²) in [5, 5.41) is 9.94. The molecule has 0 aliphatic carbocycles. The van der Waals surface area contributed by atoms with Gasteiger partial charge >= 0.3 is 0 Å². The highest BCUT2D eigenvalue weighted by molar-refractivity contribution is 8.10. The van der Waals surface area contributed by atoms with Crippen molar-refractivity contribution in [1.82, 2.24) is 0 Å². The van der Waals surface area contributed by atoms with Crippen molar-refractivity contribution >= 4 is 22.6 Å². The molecule has 0 saturated carbocycles. The summed E-state index contributed by atoms with van der Waals surface area (Å²) < 4.78 is 11.1. The maximum Gasteiger partial charge on any atom is 0.110 e. The summed E-state index contributed by atoms with van der Waals surface area (Å²) in [5.41, 5.74) is 0.821. The lowest BCUT2D eigenvalue weighted by molar-refractivity contribution is 0.195. The molecule has 0 heterocycles. The van der Waals surface area contributed by atoms with Crippen molar-refractivity contribution in [2.75, 3.05) is 12.5 Å². The molecule has 0 fully saturated rings. The molecule has 1 N–H and O–H groups in total. The first kappa shape index (κ1) is 11.8. The van der Waals surface area contributed by atoms with Gasteiger partial charge in [-0.2, -0.15) is 0 Å². The summed E-state index contributed by atoms with van der Waals surface area (Å²) in [6.45, 7) is 0. The van der Waals surface area contributed by atoms with Crippen LogP contribution in [0.5, 0.6) is 0 Å². The molecule has 14 heavy (non-hydrogen) atoms. The van der Waals surface area contributed by atoms with Crippen LogP contribution in [0, 0.1) is 0 Å². The molecule has 0 saturated heterocycles. The lowest BCUT2D eigenvalue weighted by Gasteiger charge is -2.18. The third-order valence-electron chi connectivity index (χ3n) is 1.96. The molecule has 0 amide bonds. The Bertz CT molecular complexity index is 300. The van der Waals surface area contributed by atoms with E-state index in [-0.39, 0.29) is 4.58 Å². The lowest BCUT2D eigenvalue weighted by atomic mass is 10.1. The third kappa shape index (κ3) is 2.83. The van der Waals surface area contributed by atoms with E-state index in [0.717, 1.165) is 5.56 Å². The predicted molar refractivity (Wildman–Crippen MR) is 62.8 cm³/mol. The Morgan fingerprint density at radius 3 is 2.36 bits per heavy atom. The first-order valence-electron chi connectivity index (χ1n) is 4.25. The number of aliphatic hydroxyl groups is 1. The molecule has 78 valence electrons. The quantitative estimate of drug-likeness (QED) is 0.857. The molecule has 0 aromatic heterocycles. The monoisotopic (exact) mass is 230 g/mol. The number of rotatable bonds is 4. The number of thioether (sulfide) groups is 1. The summed E-state index contributed by atoms with van der Waals surface area (Å²) in [5.74, 6) is 0. The summed E-state index contributed by atoms with van der Waals surface area (Å²) >= 11 is 1.43. The number of hydrogen-bond acceptors (Lipinski definition) is 3. The molecular formula is C10H14O2S2. The van der Waals surface area contributed by atoms with Crippen LogP contribution >= 0.6 is 11.8 Å². The first-order chi connectivity index (χ1) is 6.66. The maximum atomic E-state index is 11.3. The van der Waals surface area contributed by atoms with Gasteiger partial charge in [0, 0.05) is 17.1 Å². The van der Waals surface area contributed by atoms with Crippen LogP contribution in [0.25, 0.3) is 0 Å². The highest BCUT2D eigenvalue weighted by Crippen LogP contribution is 2.26. The van der Waals surface area contributed by atoms with Gasteiger partial charge in [0.15, 0.2) is 0 Å². The van der Waals surface area contributed by atoms with Gasteiger partial charge in [-0.1, -0.05) is 30.3 Å². The zero-order valence-electron chi connectivity index (χ0n) is 8.21. The number of benzene rings is 1. The summed E-state index contributed by atoms with van der Waals surface area (Å²) in [6, 6.07) is 9.33. The Hall–Kier alpha value is -0.320. The van der Waals surface area contributed by atoms with Crippen LogP contribution in [0.4, 0.5) is 0 Å². The zero-order valence-corrected chi connectivity index (χ0v) is 9.85. The van der Waals surface area contributed by atoms with Crippen molar-refractivity contribution in [3.63, 3.8) is 0 Å². The van der Waals surface area contributed by atoms with Crippen LogP contribution in [0.2, 0.25) is 0 Å². The van der Waals surface area contributed by atoms with Gasteiger partial charge in [0.05, 0.1) is 0 Å². The van der Waals surface area contributed by atoms with E-state index >= 15 is 0 Å². The van der Waals surface area contributed by atoms with E-state index in [2.05, 4.69) is 0 Å². The maximum absolute atomic E-state index is 11.3. The molecule has 4 heteroatoms. The van der Waals surface area contributed by atoms with Crippen LogP contribution in [0.15, 0.2) is 30.3 Å². The Morgan fingerprint density at radius 1 is 1.36 bits per heavy atom. The minimum Gasteiger partial charge on any atom is -0.386 e. The van der Waals surface area contributed by atoms with E-state index in [9.17, 15) is 9.32 Å². The van der Waals surface area contributed by atoms with Gasteiger partial charge in [-0.3, -0.25) is 4.21 Å². The second-order valence-corrected chi connectivity index (χ2v) is 5.74. The Morgan fingerprint density at radius 2 is 1.93 bits per heavy atom. The molecule has 0 radical (unpaired) electrons. The molecule has 3 unspecified atom stereocenters. The number of hydrogen-bond donors (Lipinski definition) is 1. The topological polar surface area (TPSA) is 37.3 Å². The van der Waals surface area contributed by atoms with Gasteiger partial charge in [-0.05, 0) is 11.8 Å². The van der Waals surface area contributed by atoms with Crippen molar-refractivity contribution in [3.8, 4) is 0 Å². The van der Waals surface area contributed by atoms with E-state index in [1.54, 1.807) is 6.26 Å². The van der Waals surface area contributed by atoms with Gasteiger partial charge in [0.25, 0.3) is 0 Å². The molecule has 2 nitrogen and oxygen atoms in total.